The van der Waals surface area contributed by atoms with E-state index in [1.807, 2.05) is 0 Å². The number of unbranched alkanes of at least 4 members (excludes halogenated alkanes) is 5. The number of halogens is 1. The lowest BCUT2D eigenvalue weighted by molar-refractivity contribution is -0.121. The Labute approximate surface area is 160 Å². The topological polar surface area (TPSA) is 73.9 Å². The van der Waals surface area contributed by atoms with Crippen molar-refractivity contribution in [1.29, 1.82) is 0 Å². The standard InChI is InChI=1S/C19H28ClNO5/c1-3-4-5-6-7-8-9-18(22)21-13-15-10-11-16(17(12-15)24-2)26-19(23)25-14-20/h10-12H,3-9,13-14H2,1-2H3,(H,21,22). The maximum atomic E-state index is 11.9. The summed E-state index contributed by atoms with van der Waals surface area (Å²) in [4.78, 5) is 23.2. The van der Waals surface area contributed by atoms with Crippen LogP contribution in [-0.2, 0) is 16.1 Å². The third-order valence-corrected chi connectivity index (χ3v) is 3.95. The largest absolute Gasteiger partial charge is 0.515 e. The fourth-order valence-electron chi connectivity index (χ4n) is 2.42. The molecule has 1 aromatic carbocycles. The number of benzene rings is 1. The molecular weight excluding hydrogens is 358 g/mol. The van der Waals surface area contributed by atoms with Crippen LogP contribution < -0.4 is 14.8 Å². The third kappa shape index (κ3) is 8.94. The second kappa shape index (κ2) is 13.3. The van der Waals surface area contributed by atoms with E-state index in [0.717, 1.165) is 18.4 Å². The highest BCUT2D eigenvalue weighted by molar-refractivity contribution is 6.17. The molecule has 1 amide bonds. The van der Waals surface area contributed by atoms with Crippen molar-refractivity contribution in [1.82, 2.24) is 5.32 Å². The summed E-state index contributed by atoms with van der Waals surface area (Å²) in [5.74, 6) is 0.634. The van der Waals surface area contributed by atoms with Crippen LogP contribution in [0.3, 0.4) is 0 Å². The summed E-state index contributed by atoms with van der Waals surface area (Å²) in [6.45, 7) is 2.57. The molecule has 7 heteroatoms. The maximum Gasteiger partial charge on any atom is 0.515 e. The molecule has 0 aliphatic carbocycles. The van der Waals surface area contributed by atoms with Crippen molar-refractivity contribution < 1.29 is 23.8 Å². The molecule has 146 valence electrons. The van der Waals surface area contributed by atoms with Gasteiger partial charge in [-0.1, -0.05) is 56.7 Å². The highest BCUT2D eigenvalue weighted by Crippen LogP contribution is 2.28. The summed E-state index contributed by atoms with van der Waals surface area (Å²) >= 11 is 5.31. The molecule has 0 saturated carbocycles. The lowest BCUT2D eigenvalue weighted by Gasteiger charge is -2.11. The van der Waals surface area contributed by atoms with E-state index in [4.69, 9.17) is 21.1 Å². The molecular formula is C19H28ClNO5. The van der Waals surface area contributed by atoms with Crippen LogP contribution in [-0.4, -0.2) is 25.2 Å². The van der Waals surface area contributed by atoms with E-state index < -0.39 is 6.16 Å². The van der Waals surface area contributed by atoms with Crippen LogP contribution in [0.25, 0.3) is 0 Å². The lowest BCUT2D eigenvalue weighted by atomic mass is 10.1. The summed E-state index contributed by atoms with van der Waals surface area (Å²) in [7, 11) is 1.47. The van der Waals surface area contributed by atoms with Crippen LogP contribution in [0.5, 0.6) is 11.5 Å². The minimum atomic E-state index is -0.904. The van der Waals surface area contributed by atoms with E-state index in [1.165, 1.54) is 32.8 Å². The summed E-state index contributed by atoms with van der Waals surface area (Å²) in [6, 6.07) is 4.75. The second-order valence-electron chi connectivity index (χ2n) is 5.89. The van der Waals surface area contributed by atoms with Gasteiger partial charge in [0.2, 0.25) is 5.91 Å². The first-order valence-corrected chi connectivity index (χ1v) is 9.48. The molecule has 0 unspecified atom stereocenters. The maximum absolute atomic E-state index is 11.9. The van der Waals surface area contributed by atoms with Gasteiger partial charge in [-0.05, 0) is 24.1 Å². The normalized spacial score (nSPS) is 10.3. The number of carbonyl (C=O) groups excluding carboxylic acids is 2. The Morgan fingerprint density at radius 3 is 2.50 bits per heavy atom. The van der Waals surface area contributed by atoms with Crippen LogP contribution in [0, 0.1) is 0 Å². The number of nitrogens with one attached hydrogen (secondary N) is 1. The molecule has 1 aromatic rings. The van der Waals surface area contributed by atoms with E-state index >= 15 is 0 Å². The Morgan fingerprint density at radius 2 is 1.81 bits per heavy atom. The Hall–Kier alpha value is -1.95. The highest BCUT2D eigenvalue weighted by Gasteiger charge is 2.12. The van der Waals surface area contributed by atoms with E-state index in [-0.39, 0.29) is 17.7 Å². The van der Waals surface area contributed by atoms with Gasteiger partial charge in [-0.3, -0.25) is 4.79 Å². The van der Waals surface area contributed by atoms with Crippen molar-refractivity contribution in [3.05, 3.63) is 23.8 Å². The number of alkyl halides is 1. The van der Waals surface area contributed by atoms with Crippen molar-refractivity contribution in [3.63, 3.8) is 0 Å². The summed E-state index contributed by atoms with van der Waals surface area (Å²) in [6.07, 6.45) is 6.54. The molecule has 0 aliphatic rings. The van der Waals surface area contributed by atoms with Crippen LogP contribution in [0.1, 0.15) is 57.4 Å². The number of carbonyl (C=O) groups is 2. The van der Waals surface area contributed by atoms with E-state index in [0.29, 0.717) is 18.7 Å². The predicted octanol–water partition coefficient (Wildman–Crippen LogP) is 4.77. The fraction of sp³-hybridized carbons (Fsp3) is 0.579. The molecule has 0 atom stereocenters. The van der Waals surface area contributed by atoms with Gasteiger partial charge in [0.25, 0.3) is 0 Å². The van der Waals surface area contributed by atoms with Gasteiger partial charge in [-0.25, -0.2) is 4.79 Å². The molecule has 0 aromatic heterocycles. The van der Waals surface area contributed by atoms with Gasteiger partial charge >= 0.3 is 6.16 Å². The van der Waals surface area contributed by atoms with Crippen LogP contribution >= 0.6 is 11.6 Å². The molecule has 0 radical (unpaired) electrons. The number of methoxy groups -OCH3 is 1. The zero-order valence-electron chi connectivity index (χ0n) is 15.5. The molecule has 26 heavy (non-hydrogen) atoms. The third-order valence-electron chi connectivity index (χ3n) is 3.84. The first-order valence-electron chi connectivity index (χ1n) is 8.94. The Balaban J connectivity index is 2.40. The van der Waals surface area contributed by atoms with E-state index in [2.05, 4.69) is 17.0 Å². The van der Waals surface area contributed by atoms with Gasteiger partial charge < -0.3 is 19.5 Å². The number of ether oxygens (including phenoxy) is 3. The van der Waals surface area contributed by atoms with Crippen LogP contribution in [0.15, 0.2) is 18.2 Å². The Bertz CT molecular complexity index is 565. The zero-order chi connectivity index (χ0) is 19.2. The average Bonchev–Trinajstić information content (AvgIpc) is 2.63. The molecule has 0 bridgehead atoms. The molecule has 0 fully saturated rings. The van der Waals surface area contributed by atoms with E-state index in [1.54, 1.807) is 18.2 Å². The Morgan fingerprint density at radius 1 is 1.08 bits per heavy atom. The van der Waals surface area contributed by atoms with Crippen LogP contribution in [0.4, 0.5) is 4.79 Å². The molecule has 1 N–H and O–H groups in total. The van der Waals surface area contributed by atoms with E-state index in [9.17, 15) is 9.59 Å². The Kier molecular flexibility index (Phi) is 11.3. The average molecular weight is 386 g/mol. The summed E-state index contributed by atoms with van der Waals surface area (Å²) in [5.41, 5.74) is 0.844. The molecule has 1 rings (SSSR count). The first-order chi connectivity index (χ1) is 12.6. The zero-order valence-corrected chi connectivity index (χ0v) is 16.3. The van der Waals surface area contributed by atoms with Gasteiger partial charge in [-0.15, -0.1) is 0 Å². The SMILES string of the molecule is CCCCCCCCC(=O)NCc1ccc(OC(=O)OCCl)c(OC)c1. The lowest BCUT2D eigenvalue weighted by Crippen LogP contribution is -2.22. The molecule has 6 nitrogen and oxygen atoms in total. The van der Waals surface area contributed by atoms with Gasteiger partial charge in [0, 0.05) is 13.0 Å². The number of amides is 1. The first kappa shape index (κ1) is 22.1. The summed E-state index contributed by atoms with van der Waals surface area (Å²) < 4.78 is 14.7. The number of rotatable bonds is 12. The van der Waals surface area contributed by atoms with Crippen LogP contribution in [0.2, 0.25) is 0 Å². The molecule has 0 saturated heterocycles. The number of hydrogen-bond donors (Lipinski definition) is 1. The molecule has 0 aliphatic heterocycles. The quantitative estimate of drug-likeness (QED) is 0.243. The highest BCUT2D eigenvalue weighted by atomic mass is 35.5. The van der Waals surface area contributed by atoms with Crippen molar-refractivity contribution in [2.75, 3.05) is 13.2 Å². The van der Waals surface area contributed by atoms with Crippen molar-refractivity contribution in [3.8, 4) is 11.5 Å². The minimum Gasteiger partial charge on any atom is -0.493 e. The van der Waals surface area contributed by atoms with Gasteiger partial charge in [0.05, 0.1) is 7.11 Å². The fourth-order valence-corrected chi connectivity index (χ4v) is 2.51. The summed E-state index contributed by atoms with van der Waals surface area (Å²) in [5, 5.41) is 2.89. The van der Waals surface area contributed by atoms with Gasteiger partial charge in [0.1, 0.15) is 0 Å². The van der Waals surface area contributed by atoms with Gasteiger partial charge in [-0.2, -0.15) is 0 Å². The van der Waals surface area contributed by atoms with Crippen molar-refractivity contribution in [2.45, 2.75) is 58.4 Å². The second-order valence-corrected chi connectivity index (χ2v) is 6.10. The van der Waals surface area contributed by atoms with Gasteiger partial charge in [0.15, 0.2) is 17.6 Å². The monoisotopic (exact) mass is 385 g/mol. The smallest absolute Gasteiger partial charge is 0.493 e. The molecule has 0 spiro atoms. The van der Waals surface area contributed by atoms with Crippen molar-refractivity contribution in [2.24, 2.45) is 0 Å². The van der Waals surface area contributed by atoms with Crippen molar-refractivity contribution >= 4 is 23.7 Å². The number of hydrogen-bond acceptors (Lipinski definition) is 5. The molecule has 0 heterocycles. The minimum absolute atomic E-state index is 0.0328. The predicted molar refractivity (Wildman–Crippen MR) is 101 cm³/mol.